The molecule has 17 heavy (non-hydrogen) atoms. The minimum atomic E-state index is 0.448. The number of hydrogen-bond donors (Lipinski definition) is 1. The van der Waals surface area contributed by atoms with Crippen LogP contribution in [-0.2, 0) is 0 Å². The molecule has 0 spiro atoms. The van der Waals surface area contributed by atoms with Gasteiger partial charge in [-0.2, -0.15) is 0 Å². The van der Waals surface area contributed by atoms with Crippen molar-refractivity contribution >= 4 is 5.69 Å². The zero-order valence-electron chi connectivity index (χ0n) is 10.8. The number of nitrogens with two attached hydrogens (primary N) is 1. The molecule has 1 unspecified atom stereocenters. The van der Waals surface area contributed by atoms with E-state index in [1.807, 2.05) is 12.1 Å². The van der Waals surface area contributed by atoms with Gasteiger partial charge in [0.15, 0.2) is 0 Å². The van der Waals surface area contributed by atoms with Gasteiger partial charge in [0.25, 0.3) is 0 Å². The summed E-state index contributed by atoms with van der Waals surface area (Å²) in [5, 5.41) is 0. The highest BCUT2D eigenvalue weighted by molar-refractivity contribution is 5.54. The van der Waals surface area contributed by atoms with Gasteiger partial charge < -0.3 is 10.5 Å². The van der Waals surface area contributed by atoms with Gasteiger partial charge in [0, 0.05) is 6.04 Å². The maximum absolute atomic E-state index is 5.96. The number of nitrogen functional groups attached to an aromatic ring is 1. The van der Waals surface area contributed by atoms with E-state index in [0.29, 0.717) is 6.04 Å². The van der Waals surface area contributed by atoms with E-state index in [-0.39, 0.29) is 0 Å². The minimum Gasteiger partial charge on any atom is -0.495 e. The van der Waals surface area contributed by atoms with Crippen molar-refractivity contribution in [2.45, 2.75) is 32.2 Å². The summed E-state index contributed by atoms with van der Waals surface area (Å²) in [7, 11) is 1.65. The summed E-state index contributed by atoms with van der Waals surface area (Å²) in [6, 6.07) is 6.57. The summed E-state index contributed by atoms with van der Waals surface area (Å²) in [5.74, 6) is 0.764. The van der Waals surface area contributed by atoms with Gasteiger partial charge in [-0.3, -0.25) is 4.90 Å². The number of nitrogens with zero attached hydrogens (tertiary/aromatic N) is 1. The van der Waals surface area contributed by atoms with Gasteiger partial charge >= 0.3 is 0 Å². The second-order valence-electron chi connectivity index (χ2n) is 4.77. The van der Waals surface area contributed by atoms with E-state index in [4.69, 9.17) is 10.5 Å². The lowest BCUT2D eigenvalue weighted by Gasteiger charge is -2.32. The van der Waals surface area contributed by atoms with Crippen LogP contribution in [0.4, 0.5) is 5.69 Å². The van der Waals surface area contributed by atoms with Crippen LogP contribution in [0.2, 0.25) is 0 Å². The van der Waals surface area contributed by atoms with Crippen molar-refractivity contribution in [2.75, 3.05) is 25.9 Å². The number of anilines is 1. The van der Waals surface area contributed by atoms with Gasteiger partial charge in [-0.1, -0.05) is 12.5 Å². The molecule has 1 atom stereocenters. The number of rotatable bonds is 3. The topological polar surface area (TPSA) is 38.5 Å². The SMILES string of the molecule is COc1ccc(C(C)N2CCCCC2)cc1N. The van der Waals surface area contributed by atoms with Gasteiger partial charge in [-0.25, -0.2) is 0 Å². The summed E-state index contributed by atoms with van der Waals surface area (Å²) in [4.78, 5) is 2.53. The van der Waals surface area contributed by atoms with Crippen molar-refractivity contribution in [1.82, 2.24) is 4.90 Å². The number of piperidine rings is 1. The van der Waals surface area contributed by atoms with E-state index in [0.717, 1.165) is 11.4 Å². The molecule has 1 aromatic carbocycles. The maximum Gasteiger partial charge on any atom is 0.141 e. The van der Waals surface area contributed by atoms with Crippen LogP contribution in [0.5, 0.6) is 5.75 Å². The fraction of sp³-hybridized carbons (Fsp3) is 0.571. The maximum atomic E-state index is 5.96. The summed E-state index contributed by atoms with van der Waals surface area (Å²) >= 11 is 0. The Kier molecular flexibility index (Phi) is 3.89. The quantitative estimate of drug-likeness (QED) is 0.817. The Bertz CT molecular complexity index is 372. The number of likely N-dealkylation sites (tertiary alicyclic amines) is 1. The van der Waals surface area contributed by atoms with Gasteiger partial charge in [-0.15, -0.1) is 0 Å². The Balaban J connectivity index is 2.12. The first-order chi connectivity index (χ1) is 8.22. The molecule has 1 heterocycles. The third-order valence-corrected chi connectivity index (χ3v) is 3.67. The van der Waals surface area contributed by atoms with Crippen LogP contribution < -0.4 is 10.5 Å². The van der Waals surface area contributed by atoms with Gasteiger partial charge in [-0.05, 0) is 50.6 Å². The Morgan fingerprint density at radius 3 is 2.53 bits per heavy atom. The van der Waals surface area contributed by atoms with Crippen LogP contribution in [-0.4, -0.2) is 25.1 Å². The predicted molar refractivity (Wildman–Crippen MR) is 71.2 cm³/mol. The Labute approximate surface area is 104 Å². The molecule has 0 saturated carbocycles. The van der Waals surface area contributed by atoms with Crippen LogP contribution in [0.1, 0.15) is 37.8 Å². The molecule has 3 heteroatoms. The van der Waals surface area contributed by atoms with E-state index in [1.165, 1.54) is 37.9 Å². The van der Waals surface area contributed by atoms with Crippen molar-refractivity contribution in [2.24, 2.45) is 0 Å². The van der Waals surface area contributed by atoms with Gasteiger partial charge in [0.2, 0.25) is 0 Å². The fourth-order valence-corrected chi connectivity index (χ4v) is 2.53. The van der Waals surface area contributed by atoms with Crippen molar-refractivity contribution in [3.05, 3.63) is 23.8 Å². The third kappa shape index (κ3) is 2.72. The average molecular weight is 234 g/mol. The van der Waals surface area contributed by atoms with Gasteiger partial charge in [0.05, 0.1) is 12.8 Å². The molecule has 0 amide bonds. The molecular formula is C14H22N2O. The van der Waals surface area contributed by atoms with E-state index < -0.39 is 0 Å². The van der Waals surface area contributed by atoms with Crippen LogP contribution in [0.15, 0.2) is 18.2 Å². The van der Waals surface area contributed by atoms with Crippen molar-refractivity contribution in [3.63, 3.8) is 0 Å². The number of ether oxygens (including phenoxy) is 1. The first kappa shape index (κ1) is 12.2. The average Bonchev–Trinajstić information content (AvgIpc) is 2.39. The van der Waals surface area contributed by atoms with Crippen LogP contribution in [0.25, 0.3) is 0 Å². The second kappa shape index (κ2) is 5.41. The monoisotopic (exact) mass is 234 g/mol. The second-order valence-corrected chi connectivity index (χ2v) is 4.77. The highest BCUT2D eigenvalue weighted by atomic mass is 16.5. The molecule has 0 aromatic heterocycles. The molecule has 1 aromatic rings. The first-order valence-corrected chi connectivity index (χ1v) is 6.40. The molecule has 0 radical (unpaired) electrons. The molecule has 2 rings (SSSR count). The standard InChI is InChI=1S/C14H22N2O/c1-11(16-8-4-3-5-9-16)12-6-7-14(17-2)13(15)10-12/h6-7,10-11H,3-5,8-9,15H2,1-2H3. The summed E-state index contributed by atoms with van der Waals surface area (Å²) in [6.07, 6.45) is 4.00. The Hall–Kier alpha value is -1.22. The van der Waals surface area contributed by atoms with Crippen LogP contribution >= 0.6 is 0 Å². The molecule has 1 fully saturated rings. The highest BCUT2D eigenvalue weighted by Gasteiger charge is 2.18. The molecule has 1 aliphatic heterocycles. The van der Waals surface area contributed by atoms with Crippen molar-refractivity contribution < 1.29 is 4.74 Å². The zero-order valence-corrected chi connectivity index (χ0v) is 10.8. The van der Waals surface area contributed by atoms with E-state index >= 15 is 0 Å². The van der Waals surface area contributed by atoms with Crippen molar-refractivity contribution in [3.8, 4) is 5.75 Å². The van der Waals surface area contributed by atoms with Gasteiger partial charge in [0.1, 0.15) is 5.75 Å². The Morgan fingerprint density at radius 2 is 1.94 bits per heavy atom. The van der Waals surface area contributed by atoms with E-state index in [2.05, 4.69) is 17.9 Å². The largest absolute Gasteiger partial charge is 0.495 e. The number of benzene rings is 1. The Morgan fingerprint density at radius 1 is 1.24 bits per heavy atom. The van der Waals surface area contributed by atoms with E-state index in [1.54, 1.807) is 7.11 Å². The molecular weight excluding hydrogens is 212 g/mol. The number of hydrogen-bond acceptors (Lipinski definition) is 3. The smallest absolute Gasteiger partial charge is 0.141 e. The van der Waals surface area contributed by atoms with Crippen LogP contribution in [0.3, 0.4) is 0 Å². The number of methoxy groups -OCH3 is 1. The molecule has 2 N–H and O–H groups in total. The minimum absolute atomic E-state index is 0.448. The molecule has 0 bridgehead atoms. The lowest BCUT2D eigenvalue weighted by Crippen LogP contribution is -2.32. The predicted octanol–water partition coefficient (Wildman–Crippen LogP) is 2.82. The first-order valence-electron chi connectivity index (χ1n) is 6.40. The summed E-state index contributed by atoms with van der Waals surface area (Å²) in [6.45, 7) is 4.66. The lowest BCUT2D eigenvalue weighted by molar-refractivity contribution is 0.175. The molecule has 0 aliphatic carbocycles. The zero-order chi connectivity index (χ0) is 12.3. The fourth-order valence-electron chi connectivity index (χ4n) is 2.53. The van der Waals surface area contributed by atoms with Crippen molar-refractivity contribution in [1.29, 1.82) is 0 Å². The highest BCUT2D eigenvalue weighted by Crippen LogP contribution is 2.29. The summed E-state index contributed by atoms with van der Waals surface area (Å²) in [5.41, 5.74) is 7.97. The molecule has 3 nitrogen and oxygen atoms in total. The third-order valence-electron chi connectivity index (χ3n) is 3.67. The lowest BCUT2D eigenvalue weighted by atomic mass is 10.0. The van der Waals surface area contributed by atoms with E-state index in [9.17, 15) is 0 Å². The molecule has 94 valence electrons. The molecule has 1 aliphatic rings. The summed E-state index contributed by atoms with van der Waals surface area (Å²) < 4.78 is 5.19. The van der Waals surface area contributed by atoms with Crippen LogP contribution in [0, 0.1) is 0 Å². The molecule has 1 saturated heterocycles. The normalized spacial score (nSPS) is 18.9.